The smallest absolute Gasteiger partial charge is 0.264 e. The van der Waals surface area contributed by atoms with Crippen molar-refractivity contribution in [3.05, 3.63) is 92.9 Å². The Morgan fingerprint density at radius 2 is 1.56 bits per heavy atom. The SMILES string of the molecule is CCNC(=O)C(CC)N(Cc1ccc(Cl)cc1)C(=O)CN(c1cccc(Cl)c1Cl)S(=O)(=O)c1ccc(C)cc1. The number of anilines is 1. The van der Waals surface area contributed by atoms with E-state index in [1.54, 1.807) is 56.3 Å². The molecule has 0 saturated carbocycles. The van der Waals surface area contributed by atoms with Crippen LogP contribution in [0.15, 0.2) is 71.6 Å². The molecule has 0 aliphatic rings. The fourth-order valence-corrected chi connectivity index (χ4v) is 6.03. The largest absolute Gasteiger partial charge is 0.355 e. The summed E-state index contributed by atoms with van der Waals surface area (Å²) in [5.41, 5.74) is 1.65. The maximum absolute atomic E-state index is 14.0. The van der Waals surface area contributed by atoms with Gasteiger partial charge in [-0.2, -0.15) is 0 Å². The second kappa shape index (κ2) is 13.5. The van der Waals surface area contributed by atoms with Gasteiger partial charge in [-0.25, -0.2) is 8.42 Å². The first-order valence-corrected chi connectivity index (χ1v) is 14.9. The van der Waals surface area contributed by atoms with Crippen molar-refractivity contribution in [2.45, 2.75) is 44.7 Å². The molecule has 1 atom stereocenters. The normalized spacial score (nSPS) is 12.1. The maximum Gasteiger partial charge on any atom is 0.264 e. The van der Waals surface area contributed by atoms with Crippen LogP contribution < -0.4 is 9.62 Å². The summed E-state index contributed by atoms with van der Waals surface area (Å²) >= 11 is 18.7. The number of amides is 2. The molecular formula is C28H30Cl3N3O4S. The number of sulfonamides is 1. The molecule has 208 valence electrons. The van der Waals surface area contributed by atoms with Gasteiger partial charge in [-0.15, -0.1) is 0 Å². The van der Waals surface area contributed by atoms with Gasteiger partial charge in [-0.05, 0) is 62.2 Å². The molecule has 0 heterocycles. The lowest BCUT2D eigenvalue weighted by molar-refractivity contribution is -0.140. The van der Waals surface area contributed by atoms with Crippen molar-refractivity contribution in [3.63, 3.8) is 0 Å². The van der Waals surface area contributed by atoms with E-state index in [0.717, 1.165) is 15.4 Å². The Balaban J connectivity index is 2.10. The summed E-state index contributed by atoms with van der Waals surface area (Å²) in [6.45, 7) is 5.24. The number of likely N-dealkylation sites (N-methyl/N-ethyl adjacent to an activating group) is 1. The summed E-state index contributed by atoms with van der Waals surface area (Å²) in [6.07, 6.45) is 0.313. The summed E-state index contributed by atoms with van der Waals surface area (Å²) in [5.74, 6) is -0.925. The maximum atomic E-state index is 14.0. The van der Waals surface area contributed by atoms with E-state index in [0.29, 0.717) is 18.0 Å². The number of halogens is 3. The molecule has 0 fully saturated rings. The molecule has 0 aliphatic heterocycles. The summed E-state index contributed by atoms with van der Waals surface area (Å²) in [6, 6.07) is 16.9. The zero-order valence-electron chi connectivity index (χ0n) is 21.8. The molecule has 7 nitrogen and oxygen atoms in total. The lowest BCUT2D eigenvalue weighted by atomic mass is 10.1. The Kier molecular flexibility index (Phi) is 10.7. The molecule has 0 spiro atoms. The molecule has 2 amide bonds. The van der Waals surface area contributed by atoms with Gasteiger partial charge in [0.05, 0.1) is 20.6 Å². The number of carbonyl (C=O) groups is 2. The monoisotopic (exact) mass is 609 g/mol. The fraction of sp³-hybridized carbons (Fsp3) is 0.286. The molecule has 0 saturated heterocycles. The Morgan fingerprint density at radius 3 is 2.15 bits per heavy atom. The molecule has 0 aromatic heterocycles. The van der Waals surface area contributed by atoms with Crippen molar-refractivity contribution < 1.29 is 18.0 Å². The minimum Gasteiger partial charge on any atom is -0.355 e. The number of nitrogens with one attached hydrogen (secondary N) is 1. The van der Waals surface area contributed by atoms with Crippen LogP contribution in [0, 0.1) is 6.92 Å². The van der Waals surface area contributed by atoms with E-state index >= 15 is 0 Å². The molecule has 3 rings (SSSR count). The third kappa shape index (κ3) is 7.45. The minimum absolute atomic E-state index is 0.0114. The number of hydrogen-bond donors (Lipinski definition) is 1. The van der Waals surface area contributed by atoms with Crippen molar-refractivity contribution >= 4 is 62.3 Å². The molecule has 3 aromatic rings. The van der Waals surface area contributed by atoms with Crippen LogP contribution in [0.4, 0.5) is 5.69 Å². The van der Waals surface area contributed by atoms with Gasteiger partial charge >= 0.3 is 0 Å². The fourth-order valence-electron chi connectivity index (χ4n) is 4.03. The van der Waals surface area contributed by atoms with E-state index in [2.05, 4.69) is 5.32 Å². The minimum atomic E-state index is -4.26. The van der Waals surface area contributed by atoms with Crippen LogP contribution in [-0.2, 0) is 26.2 Å². The Morgan fingerprint density at radius 1 is 0.923 bits per heavy atom. The van der Waals surface area contributed by atoms with Crippen LogP contribution in [0.2, 0.25) is 15.1 Å². The van der Waals surface area contributed by atoms with Crippen LogP contribution in [0.25, 0.3) is 0 Å². The average molecular weight is 611 g/mol. The molecule has 39 heavy (non-hydrogen) atoms. The summed E-state index contributed by atoms with van der Waals surface area (Å²) in [4.78, 5) is 28.3. The van der Waals surface area contributed by atoms with E-state index in [9.17, 15) is 18.0 Å². The predicted molar refractivity (Wildman–Crippen MR) is 157 cm³/mol. The first kappa shape index (κ1) is 30.8. The summed E-state index contributed by atoms with van der Waals surface area (Å²) in [5, 5.41) is 3.42. The number of benzene rings is 3. The third-order valence-corrected chi connectivity index (χ3v) is 8.93. The Bertz CT molecular complexity index is 1410. The molecule has 3 aromatic carbocycles. The molecule has 1 unspecified atom stereocenters. The molecule has 0 radical (unpaired) electrons. The van der Waals surface area contributed by atoms with Crippen LogP contribution in [0.3, 0.4) is 0 Å². The first-order chi connectivity index (χ1) is 18.5. The van der Waals surface area contributed by atoms with Gasteiger partial charge in [0.1, 0.15) is 12.6 Å². The highest BCUT2D eigenvalue weighted by molar-refractivity contribution is 7.92. The summed E-state index contributed by atoms with van der Waals surface area (Å²) in [7, 11) is -4.26. The molecular weight excluding hydrogens is 581 g/mol. The van der Waals surface area contributed by atoms with E-state index in [1.807, 2.05) is 6.92 Å². The molecule has 0 bridgehead atoms. The Hall–Kier alpha value is -2.78. The average Bonchev–Trinajstić information content (AvgIpc) is 2.90. The lowest BCUT2D eigenvalue weighted by Crippen LogP contribution is -2.52. The third-order valence-electron chi connectivity index (χ3n) is 6.09. The van der Waals surface area contributed by atoms with Crippen LogP contribution in [0.5, 0.6) is 0 Å². The molecule has 1 N–H and O–H groups in total. The predicted octanol–water partition coefficient (Wildman–Crippen LogP) is 6.09. The van der Waals surface area contributed by atoms with Gasteiger partial charge in [-0.3, -0.25) is 13.9 Å². The zero-order chi connectivity index (χ0) is 28.7. The number of aryl methyl sites for hydroxylation is 1. The van der Waals surface area contributed by atoms with Crippen molar-refractivity contribution in [1.82, 2.24) is 10.2 Å². The van der Waals surface area contributed by atoms with Gasteiger partial charge in [0.2, 0.25) is 11.8 Å². The van der Waals surface area contributed by atoms with E-state index < -0.39 is 28.5 Å². The highest BCUT2D eigenvalue weighted by atomic mass is 35.5. The Labute approximate surface area is 244 Å². The number of nitrogens with zero attached hydrogens (tertiary/aromatic N) is 2. The van der Waals surface area contributed by atoms with Crippen molar-refractivity contribution in [3.8, 4) is 0 Å². The number of rotatable bonds is 11. The second-order valence-corrected chi connectivity index (χ2v) is 11.9. The first-order valence-electron chi connectivity index (χ1n) is 12.3. The van der Waals surface area contributed by atoms with Gasteiger partial charge in [0.15, 0.2) is 0 Å². The van der Waals surface area contributed by atoms with E-state index in [-0.39, 0.29) is 33.1 Å². The topological polar surface area (TPSA) is 86.8 Å². The van der Waals surface area contributed by atoms with Gasteiger partial charge in [0.25, 0.3) is 10.0 Å². The van der Waals surface area contributed by atoms with Crippen molar-refractivity contribution in [2.24, 2.45) is 0 Å². The molecule has 11 heteroatoms. The van der Waals surface area contributed by atoms with Crippen LogP contribution in [-0.4, -0.2) is 44.3 Å². The standard InChI is InChI=1S/C28H30Cl3N3O4S/c1-4-24(28(36)32-5-2)33(17-20-11-13-21(29)14-12-20)26(35)18-34(25-8-6-7-23(30)27(25)31)39(37,38)22-15-9-19(3)10-16-22/h6-16,24H,4-5,17-18H2,1-3H3,(H,32,36). The second-order valence-electron chi connectivity index (χ2n) is 8.86. The van der Waals surface area contributed by atoms with Gasteiger partial charge < -0.3 is 10.2 Å². The van der Waals surface area contributed by atoms with Gasteiger partial charge in [0, 0.05) is 18.1 Å². The van der Waals surface area contributed by atoms with Crippen molar-refractivity contribution in [2.75, 3.05) is 17.4 Å². The zero-order valence-corrected chi connectivity index (χ0v) is 24.9. The summed E-state index contributed by atoms with van der Waals surface area (Å²) < 4.78 is 28.7. The molecule has 0 aliphatic carbocycles. The van der Waals surface area contributed by atoms with Crippen LogP contribution >= 0.6 is 34.8 Å². The van der Waals surface area contributed by atoms with E-state index in [4.69, 9.17) is 34.8 Å². The van der Waals surface area contributed by atoms with Gasteiger partial charge in [-0.1, -0.05) is 77.6 Å². The van der Waals surface area contributed by atoms with E-state index in [1.165, 1.54) is 29.2 Å². The number of carbonyl (C=O) groups excluding carboxylic acids is 2. The van der Waals surface area contributed by atoms with Crippen molar-refractivity contribution in [1.29, 1.82) is 0 Å². The lowest BCUT2D eigenvalue weighted by Gasteiger charge is -2.33. The number of hydrogen-bond acceptors (Lipinski definition) is 4. The highest BCUT2D eigenvalue weighted by Crippen LogP contribution is 2.35. The highest BCUT2D eigenvalue weighted by Gasteiger charge is 2.34. The van der Waals surface area contributed by atoms with Crippen LogP contribution in [0.1, 0.15) is 31.4 Å². The quantitative estimate of drug-likeness (QED) is 0.285.